The summed E-state index contributed by atoms with van der Waals surface area (Å²) in [4.78, 5) is 21.8. The highest BCUT2D eigenvalue weighted by molar-refractivity contribution is 7.10. The third-order valence-electron chi connectivity index (χ3n) is 5.32. The van der Waals surface area contributed by atoms with Crippen molar-refractivity contribution in [3.05, 3.63) is 106 Å². The maximum Gasteiger partial charge on any atom is 0.335 e. The first kappa shape index (κ1) is 21.9. The Kier molecular flexibility index (Phi) is 6.73. The third-order valence-corrected chi connectivity index (χ3v) is 6.25. The molecule has 0 saturated carbocycles. The number of hydrogen-bond acceptors (Lipinski definition) is 5. The first-order valence-electron chi connectivity index (χ1n) is 10.5. The highest BCUT2D eigenvalue weighted by atomic mass is 32.1. The van der Waals surface area contributed by atoms with Crippen LogP contribution < -0.4 is 5.32 Å². The van der Waals surface area contributed by atoms with Crippen LogP contribution in [0.1, 0.15) is 58.0 Å². The lowest BCUT2D eigenvalue weighted by atomic mass is 10.0. The predicted molar refractivity (Wildman–Crippen MR) is 128 cm³/mol. The van der Waals surface area contributed by atoms with E-state index in [1.165, 1.54) is 5.56 Å². The second-order valence-electron chi connectivity index (χ2n) is 7.91. The van der Waals surface area contributed by atoms with E-state index < -0.39 is 5.97 Å². The van der Waals surface area contributed by atoms with Crippen molar-refractivity contribution in [2.24, 2.45) is 0 Å². The van der Waals surface area contributed by atoms with Crippen LogP contribution in [0.5, 0.6) is 0 Å². The summed E-state index contributed by atoms with van der Waals surface area (Å²) in [7, 11) is 0. The highest BCUT2D eigenvalue weighted by Crippen LogP contribution is 2.27. The van der Waals surface area contributed by atoms with Gasteiger partial charge in [0.05, 0.1) is 11.3 Å². The number of nitrogens with one attached hydrogen (secondary N) is 1. The fourth-order valence-electron chi connectivity index (χ4n) is 3.52. The van der Waals surface area contributed by atoms with Crippen LogP contribution in [0.15, 0.2) is 78.3 Å². The van der Waals surface area contributed by atoms with Crippen molar-refractivity contribution in [3.63, 3.8) is 0 Å². The molecule has 2 aromatic carbocycles. The molecule has 32 heavy (non-hydrogen) atoms. The van der Waals surface area contributed by atoms with Crippen molar-refractivity contribution in [2.45, 2.75) is 32.4 Å². The van der Waals surface area contributed by atoms with Gasteiger partial charge in [0.15, 0.2) is 5.82 Å². The minimum Gasteiger partial charge on any atom is -0.478 e. The van der Waals surface area contributed by atoms with Gasteiger partial charge >= 0.3 is 5.97 Å². The smallest absolute Gasteiger partial charge is 0.335 e. The number of carboxylic acids is 1. The molecule has 6 heteroatoms. The van der Waals surface area contributed by atoms with Crippen molar-refractivity contribution >= 4 is 17.3 Å². The lowest BCUT2D eigenvalue weighted by Gasteiger charge is -2.17. The van der Waals surface area contributed by atoms with Crippen molar-refractivity contribution in [2.75, 3.05) is 0 Å². The first-order chi connectivity index (χ1) is 15.5. The van der Waals surface area contributed by atoms with E-state index >= 15 is 0 Å². The highest BCUT2D eigenvalue weighted by Gasteiger charge is 2.19. The number of benzene rings is 2. The molecule has 0 bridgehead atoms. The maximum atomic E-state index is 11.3. The van der Waals surface area contributed by atoms with Gasteiger partial charge in [0, 0.05) is 23.2 Å². The van der Waals surface area contributed by atoms with Crippen molar-refractivity contribution < 1.29 is 9.90 Å². The molecule has 162 valence electrons. The maximum absolute atomic E-state index is 11.3. The van der Waals surface area contributed by atoms with E-state index in [1.807, 2.05) is 23.6 Å². The summed E-state index contributed by atoms with van der Waals surface area (Å²) in [5.74, 6) is 0.241. The van der Waals surface area contributed by atoms with Crippen LogP contribution in [-0.4, -0.2) is 21.0 Å². The van der Waals surface area contributed by atoms with Gasteiger partial charge in [-0.1, -0.05) is 56.3 Å². The third kappa shape index (κ3) is 5.10. The molecule has 5 nitrogen and oxygen atoms in total. The Morgan fingerprint density at radius 3 is 2.56 bits per heavy atom. The molecule has 1 unspecified atom stereocenters. The fraction of sp³-hybridized carbons (Fsp3) is 0.192. The van der Waals surface area contributed by atoms with Gasteiger partial charge in [-0.15, -0.1) is 11.3 Å². The molecule has 0 spiro atoms. The zero-order valence-corrected chi connectivity index (χ0v) is 18.8. The largest absolute Gasteiger partial charge is 0.478 e. The second-order valence-corrected chi connectivity index (χ2v) is 8.89. The Morgan fingerprint density at radius 1 is 1.06 bits per heavy atom. The molecule has 2 aromatic heterocycles. The number of nitrogens with zero attached hydrogens (tertiary/aromatic N) is 2. The summed E-state index contributed by atoms with van der Waals surface area (Å²) >= 11 is 1.64. The second kappa shape index (κ2) is 9.85. The minimum absolute atomic E-state index is 0.196. The van der Waals surface area contributed by atoms with Gasteiger partial charge in [0.25, 0.3) is 0 Å². The molecule has 0 radical (unpaired) electrons. The fourth-order valence-corrected chi connectivity index (χ4v) is 4.32. The predicted octanol–water partition coefficient (Wildman–Crippen LogP) is 5.91. The minimum atomic E-state index is -0.929. The first-order valence-corrected chi connectivity index (χ1v) is 11.4. The molecule has 0 aliphatic carbocycles. The van der Waals surface area contributed by atoms with E-state index in [-0.39, 0.29) is 11.6 Å². The summed E-state index contributed by atoms with van der Waals surface area (Å²) in [6, 6.07) is 21.3. The summed E-state index contributed by atoms with van der Waals surface area (Å²) in [5, 5.41) is 14.8. The van der Waals surface area contributed by atoms with Crippen LogP contribution >= 0.6 is 11.3 Å². The Labute approximate surface area is 191 Å². The average molecular weight is 444 g/mol. The number of hydrogen-bond donors (Lipinski definition) is 2. The van der Waals surface area contributed by atoms with Gasteiger partial charge in [0.1, 0.15) is 6.04 Å². The van der Waals surface area contributed by atoms with Crippen LogP contribution in [0.2, 0.25) is 0 Å². The quantitative estimate of drug-likeness (QED) is 0.354. The van der Waals surface area contributed by atoms with Crippen LogP contribution in [-0.2, 0) is 6.54 Å². The van der Waals surface area contributed by atoms with Crippen LogP contribution in [0.3, 0.4) is 0 Å². The monoisotopic (exact) mass is 443 g/mol. The molecule has 1 atom stereocenters. The van der Waals surface area contributed by atoms with Gasteiger partial charge in [-0.3, -0.25) is 5.32 Å². The Morgan fingerprint density at radius 2 is 1.88 bits per heavy atom. The SMILES string of the molecule is CC(C)c1ccc(-c2ccnc(C(NCc3cccc(C(=O)O)c3)c3cccs3)n2)cc1. The van der Waals surface area contributed by atoms with Gasteiger partial charge in [-0.05, 0) is 46.7 Å². The molecule has 0 amide bonds. The van der Waals surface area contributed by atoms with E-state index in [9.17, 15) is 9.90 Å². The van der Waals surface area contributed by atoms with Gasteiger partial charge in [-0.25, -0.2) is 14.8 Å². The summed E-state index contributed by atoms with van der Waals surface area (Å²) in [5.41, 5.74) is 4.40. The van der Waals surface area contributed by atoms with E-state index in [1.54, 1.807) is 35.7 Å². The lowest BCUT2D eigenvalue weighted by molar-refractivity contribution is 0.0696. The Hall–Kier alpha value is -3.35. The molecule has 0 fully saturated rings. The van der Waals surface area contributed by atoms with Crippen molar-refractivity contribution in [1.82, 2.24) is 15.3 Å². The molecule has 4 aromatic rings. The summed E-state index contributed by atoms with van der Waals surface area (Å²) in [6.07, 6.45) is 1.79. The van der Waals surface area contributed by atoms with Gasteiger partial charge in [-0.2, -0.15) is 0 Å². The summed E-state index contributed by atoms with van der Waals surface area (Å²) in [6.45, 7) is 4.86. The zero-order chi connectivity index (χ0) is 22.5. The molecule has 0 aliphatic rings. The zero-order valence-electron chi connectivity index (χ0n) is 18.0. The van der Waals surface area contributed by atoms with Crippen LogP contribution in [0.25, 0.3) is 11.3 Å². The normalized spacial score (nSPS) is 12.1. The van der Waals surface area contributed by atoms with Gasteiger partial charge in [0.2, 0.25) is 0 Å². The molecule has 0 aliphatic heterocycles. The molecular weight excluding hydrogens is 418 g/mol. The number of aromatic carboxylic acids is 1. The van der Waals surface area contributed by atoms with E-state index in [2.05, 4.69) is 54.5 Å². The molecule has 0 saturated heterocycles. The Balaban J connectivity index is 1.61. The number of carbonyl (C=O) groups is 1. The molecule has 4 rings (SSSR count). The van der Waals surface area contributed by atoms with Crippen molar-refractivity contribution in [1.29, 1.82) is 0 Å². The van der Waals surface area contributed by atoms with Crippen LogP contribution in [0.4, 0.5) is 0 Å². The van der Waals surface area contributed by atoms with Crippen molar-refractivity contribution in [3.8, 4) is 11.3 Å². The van der Waals surface area contributed by atoms with E-state index in [4.69, 9.17) is 4.98 Å². The van der Waals surface area contributed by atoms with Crippen LogP contribution in [0, 0.1) is 0 Å². The number of rotatable bonds is 8. The standard InChI is InChI=1S/C26H25N3O2S/c1-17(2)19-8-10-20(11-9-19)22-12-13-27-25(29-22)24(23-7-4-14-32-23)28-16-18-5-3-6-21(15-18)26(30)31/h3-15,17,24,28H,16H2,1-2H3,(H,30,31). The number of carboxylic acid groups (broad SMARTS) is 1. The number of aromatic nitrogens is 2. The average Bonchev–Trinajstić information content (AvgIpc) is 3.34. The topological polar surface area (TPSA) is 75.1 Å². The number of thiophene rings is 1. The van der Waals surface area contributed by atoms with E-state index in [0.717, 1.165) is 21.7 Å². The molecular formula is C26H25N3O2S. The Bertz CT molecular complexity index is 1190. The molecule has 2 N–H and O–H groups in total. The molecule has 2 heterocycles. The van der Waals surface area contributed by atoms with E-state index in [0.29, 0.717) is 18.3 Å². The lowest BCUT2D eigenvalue weighted by Crippen LogP contribution is -2.23. The summed E-state index contributed by atoms with van der Waals surface area (Å²) < 4.78 is 0. The van der Waals surface area contributed by atoms with Gasteiger partial charge < -0.3 is 5.11 Å².